The molecular weight excluding hydrogens is 254 g/mol. The van der Waals surface area contributed by atoms with Gasteiger partial charge in [0, 0.05) is 0 Å². The summed E-state index contributed by atoms with van der Waals surface area (Å²) in [4.78, 5) is 11.4. The molecule has 0 heterocycles. The van der Waals surface area contributed by atoms with Crippen molar-refractivity contribution in [1.82, 2.24) is 5.32 Å². The summed E-state index contributed by atoms with van der Waals surface area (Å²) in [5, 5.41) is 12.4. The Morgan fingerprint density at radius 3 is 2.50 bits per heavy atom. The first-order chi connectivity index (χ1) is 9.17. The molecule has 2 fully saturated rings. The van der Waals surface area contributed by atoms with E-state index >= 15 is 0 Å². The van der Waals surface area contributed by atoms with Crippen molar-refractivity contribution in [1.29, 1.82) is 0 Å². The van der Waals surface area contributed by atoms with E-state index < -0.39 is 11.5 Å². The molecule has 4 atom stereocenters. The minimum Gasteiger partial charge on any atom is -0.480 e. The zero-order chi connectivity index (χ0) is 15.2. The topological polar surface area (TPSA) is 58.6 Å². The van der Waals surface area contributed by atoms with Crippen molar-refractivity contribution < 1.29 is 14.6 Å². The lowest BCUT2D eigenvalue weighted by atomic mass is 9.70. The van der Waals surface area contributed by atoms with Gasteiger partial charge in [-0.2, -0.15) is 0 Å². The lowest BCUT2D eigenvalue weighted by Gasteiger charge is -2.40. The number of aliphatic carboxylic acids is 1. The molecule has 116 valence electrons. The maximum absolute atomic E-state index is 11.4. The predicted molar refractivity (Wildman–Crippen MR) is 78.7 cm³/mol. The third-order valence-corrected chi connectivity index (χ3v) is 6.33. The molecule has 2 rings (SSSR count). The van der Waals surface area contributed by atoms with Gasteiger partial charge in [-0.1, -0.05) is 27.7 Å². The minimum atomic E-state index is -0.989. The van der Waals surface area contributed by atoms with Crippen LogP contribution in [0.15, 0.2) is 0 Å². The number of rotatable bonds is 6. The van der Waals surface area contributed by atoms with E-state index in [1.807, 2.05) is 6.92 Å². The molecule has 2 aliphatic carbocycles. The van der Waals surface area contributed by atoms with Crippen LogP contribution in [0.1, 0.15) is 53.9 Å². The first kappa shape index (κ1) is 15.8. The number of carboxylic acid groups (broad SMARTS) is 1. The number of carboxylic acids is 1. The highest BCUT2D eigenvalue weighted by molar-refractivity contribution is 5.78. The highest BCUT2D eigenvalue weighted by atomic mass is 16.5. The first-order valence-electron chi connectivity index (χ1n) is 7.77. The molecule has 4 nitrogen and oxygen atoms in total. The molecule has 4 unspecified atom stereocenters. The fourth-order valence-electron chi connectivity index (χ4n) is 4.23. The van der Waals surface area contributed by atoms with Gasteiger partial charge in [-0.15, -0.1) is 0 Å². The average Bonchev–Trinajstić information content (AvgIpc) is 2.69. The Hall–Kier alpha value is -0.610. The summed E-state index contributed by atoms with van der Waals surface area (Å²) in [6.07, 6.45) is 3.74. The Labute approximate surface area is 122 Å². The summed E-state index contributed by atoms with van der Waals surface area (Å²) in [5.74, 6) is -0.125. The molecule has 0 aliphatic heterocycles. The molecule has 0 saturated heterocycles. The second kappa shape index (κ2) is 4.99. The Morgan fingerprint density at radius 2 is 2.10 bits per heavy atom. The van der Waals surface area contributed by atoms with Crippen molar-refractivity contribution in [2.45, 2.75) is 65.5 Å². The van der Waals surface area contributed by atoms with Gasteiger partial charge in [-0.25, -0.2) is 0 Å². The lowest BCUT2D eigenvalue weighted by Crippen LogP contribution is -2.54. The van der Waals surface area contributed by atoms with E-state index in [9.17, 15) is 9.90 Å². The molecule has 2 N–H and O–H groups in total. The molecule has 0 aromatic heterocycles. The van der Waals surface area contributed by atoms with Gasteiger partial charge in [-0.3, -0.25) is 4.79 Å². The van der Waals surface area contributed by atoms with Crippen LogP contribution in [0.3, 0.4) is 0 Å². The average molecular weight is 283 g/mol. The van der Waals surface area contributed by atoms with E-state index in [4.69, 9.17) is 4.74 Å². The van der Waals surface area contributed by atoms with E-state index in [1.54, 1.807) is 6.92 Å². The van der Waals surface area contributed by atoms with Gasteiger partial charge in [0.1, 0.15) is 5.54 Å². The number of hydrogen-bond donors (Lipinski definition) is 2. The van der Waals surface area contributed by atoms with E-state index in [-0.39, 0.29) is 18.1 Å². The highest BCUT2D eigenvalue weighted by Crippen LogP contribution is 2.66. The molecule has 2 aliphatic rings. The fraction of sp³-hybridized carbons (Fsp3) is 0.938. The van der Waals surface area contributed by atoms with Crippen molar-refractivity contribution in [2.24, 2.45) is 16.7 Å². The Morgan fingerprint density at radius 1 is 1.45 bits per heavy atom. The Balaban J connectivity index is 2.04. The predicted octanol–water partition coefficient (Wildman–Crippen LogP) is 2.67. The van der Waals surface area contributed by atoms with Crippen LogP contribution in [0.2, 0.25) is 0 Å². The number of carbonyl (C=O) groups is 1. The van der Waals surface area contributed by atoms with Gasteiger partial charge in [0.15, 0.2) is 0 Å². The van der Waals surface area contributed by atoms with Crippen LogP contribution in [0.4, 0.5) is 0 Å². The minimum absolute atomic E-state index is 0.184. The normalized spacial score (nSPS) is 37.9. The number of ether oxygens (including phenoxy) is 1. The number of nitrogens with one attached hydrogen (secondary N) is 1. The van der Waals surface area contributed by atoms with Crippen molar-refractivity contribution >= 4 is 5.97 Å². The van der Waals surface area contributed by atoms with Crippen LogP contribution in [-0.4, -0.2) is 35.9 Å². The lowest BCUT2D eigenvalue weighted by molar-refractivity contribution is -0.150. The SMILES string of the molecule is CCNC(C)(COC1CC2CCC1(C)C2(C)C)C(=O)O. The van der Waals surface area contributed by atoms with Gasteiger partial charge < -0.3 is 15.2 Å². The Bertz CT molecular complexity index is 395. The molecule has 0 amide bonds. The van der Waals surface area contributed by atoms with Crippen LogP contribution in [-0.2, 0) is 9.53 Å². The smallest absolute Gasteiger partial charge is 0.326 e. The van der Waals surface area contributed by atoms with E-state index in [2.05, 4.69) is 26.1 Å². The highest BCUT2D eigenvalue weighted by Gasteiger charge is 2.62. The third kappa shape index (κ3) is 2.17. The number of likely N-dealkylation sites (N-methyl/N-ethyl adjacent to an activating group) is 1. The van der Waals surface area contributed by atoms with E-state index in [0.29, 0.717) is 17.9 Å². The summed E-state index contributed by atoms with van der Waals surface area (Å²) in [6.45, 7) is 11.5. The summed E-state index contributed by atoms with van der Waals surface area (Å²) >= 11 is 0. The zero-order valence-corrected chi connectivity index (χ0v) is 13.5. The van der Waals surface area contributed by atoms with Gasteiger partial charge in [0.25, 0.3) is 0 Å². The summed E-state index contributed by atoms with van der Waals surface area (Å²) in [6, 6.07) is 0. The van der Waals surface area contributed by atoms with Crippen LogP contribution in [0.5, 0.6) is 0 Å². The standard InChI is InChI=1S/C16H29NO3/c1-6-17-16(5,13(18)19)10-20-12-9-11-7-8-15(12,4)14(11,2)3/h11-12,17H,6-10H2,1-5H3,(H,18,19). The maximum atomic E-state index is 11.4. The molecule has 20 heavy (non-hydrogen) atoms. The van der Waals surface area contributed by atoms with Gasteiger partial charge in [-0.05, 0) is 49.5 Å². The summed E-state index contributed by atoms with van der Waals surface area (Å²) in [5.41, 5.74) is -0.504. The van der Waals surface area contributed by atoms with E-state index in [1.165, 1.54) is 12.8 Å². The summed E-state index contributed by atoms with van der Waals surface area (Å²) in [7, 11) is 0. The van der Waals surface area contributed by atoms with Gasteiger partial charge in [0.05, 0.1) is 12.7 Å². The van der Waals surface area contributed by atoms with Gasteiger partial charge in [0.2, 0.25) is 0 Å². The van der Waals surface area contributed by atoms with Crippen molar-refractivity contribution in [3.05, 3.63) is 0 Å². The van der Waals surface area contributed by atoms with Crippen LogP contribution >= 0.6 is 0 Å². The number of fused-ring (bicyclic) bond motifs is 2. The van der Waals surface area contributed by atoms with Crippen LogP contribution in [0, 0.1) is 16.7 Å². The second-order valence-corrected chi connectivity index (χ2v) is 7.58. The van der Waals surface area contributed by atoms with Crippen LogP contribution < -0.4 is 5.32 Å². The summed E-state index contributed by atoms with van der Waals surface area (Å²) < 4.78 is 6.11. The molecule has 2 bridgehead atoms. The molecule has 2 saturated carbocycles. The zero-order valence-electron chi connectivity index (χ0n) is 13.5. The van der Waals surface area contributed by atoms with Crippen molar-refractivity contribution in [3.8, 4) is 0 Å². The van der Waals surface area contributed by atoms with Gasteiger partial charge >= 0.3 is 5.97 Å². The fourth-order valence-corrected chi connectivity index (χ4v) is 4.23. The van der Waals surface area contributed by atoms with Crippen molar-refractivity contribution in [3.63, 3.8) is 0 Å². The Kier molecular flexibility index (Phi) is 3.93. The van der Waals surface area contributed by atoms with E-state index in [0.717, 1.165) is 6.42 Å². The molecule has 0 radical (unpaired) electrons. The number of hydrogen-bond acceptors (Lipinski definition) is 3. The molecule has 0 aromatic rings. The molecule has 4 heteroatoms. The second-order valence-electron chi connectivity index (χ2n) is 7.58. The first-order valence-corrected chi connectivity index (χ1v) is 7.77. The van der Waals surface area contributed by atoms with Crippen LogP contribution in [0.25, 0.3) is 0 Å². The molecule has 0 spiro atoms. The molecule has 0 aromatic carbocycles. The maximum Gasteiger partial charge on any atom is 0.326 e. The third-order valence-electron chi connectivity index (χ3n) is 6.33. The largest absolute Gasteiger partial charge is 0.480 e. The molecular formula is C16H29NO3. The quantitative estimate of drug-likeness (QED) is 0.787. The monoisotopic (exact) mass is 283 g/mol. The van der Waals surface area contributed by atoms with Crippen molar-refractivity contribution in [2.75, 3.05) is 13.2 Å².